The number of hydrogen-bond acceptors (Lipinski definition) is 7. The normalized spacial score (nSPS) is 11.0. The molecule has 3 heterocycles. The van der Waals surface area contributed by atoms with Crippen molar-refractivity contribution in [1.29, 1.82) is 0 Å². The summed E-state index contributed by atoms with van der Waals surface area (Å²) in [5.74, 6) is 1.14. The topological polar surface area (TPSA) is 115 Å². The predicted octanol–water partition coefficient (Wildman–Crippen LogP) is 8.05. The maximum atomic E-state index is 12.1. The number of rotatable bonds is 4. The maximum absolute atomic E-state index is 12.1. The number of halogens is 2. The van der Waals surface area contributed by atoms with Crippen molar-refractivity contribution >= 4 is 76.5 Å². The lowest BCUT2D eigenvalue weighted by Crippen LogP contribution is -2.13. The predicted molar refractivity (Wildman–Crippen MR) is 155 cm³/mol. The smallest absolute Gasteiger partial charge is 0.412 e. The van der Waals surface area contributed by atoms with Crippen molar-refractivity contribution in [2.45, 2.75) is 20.1 Å². The van der Waals surface area contributed by atoms with Crippen molar-refractivity contribution in [2.24, 2.45) is 0 Å². The number of benzene rings is 3. The van der Waals surface area contributed by atoms with Gasteiger partial charge < -0.3 is 23.1 Å². The Morgan fingerprint density at radius 2 is 1.46 bits per heavy atom. The molecule has 0 bridgehead atoms. The molecule has 0 atom stereocenters. The molecule has 0 saturated carbocycles. The van der Waals surface area contributed by atoms with Gasteiger partial charge in [0.1, 0.15) is 34.9 Å². The Kier molecular flexibility index (Phi) is 7.87. The van der Waals surface area contributed by atoms with Crippen LogP contribution in [0.2, 0.25) is 0 Å². The summed E-state index contributed by atoms with van der Waals surface area (Å²) in [6, 6.07) is 21.5. The van der Waals surface area contributed by atoms with Gasteiger partial charge in [-0.15, -0.1) is 0 Å². The van der Waals surface area contributed by atoms with Gasteiger partial charge in [0.25, 0.3) is 0 Å². The van der Waals surface area contributed by atoms with Crippen molar-refractivity contribution in [3.05, 3.63) is 109 Å². The highest BCUT2D eigenvalue weighted by Gasteiger charge is 2.10. The second-order valence-electron chi connectivity index (χ2n) is 8.61. The molecule has 2 N–H and O–H groups in total. The molecule has 0 radical (unpaired) electrons. The highest BCUT2D eigenvalue weighted by atomic mass is 79.9. The Bertz CT molecular complexity index is 1870. The molecule has 0 spiro atoms. The zero-order valence-electron chi connectivity index (χ0n) is 20.5. The minimum absolute atomic E-state index is 0.0000943. The van der Waals surface area contributed by atoms with E-state index in [0.717, 1.165) is 41.8 Å². The molecular weight excluding hydrogens is 634 g/mol. The zero-order valence-corrected chi connectivity index (χ0v) is 23.7. The van der Waals surface area contributed by atoms with Gasteiger partial charge in [0.15, 0.2) is 6.61 Å². The number of ether oxygens (including phenoxy) is 1. The van der Waals surface area contributed by atoms with E-state index in [9.17, 15) is 9.59 Å². The fourth-order valence-corrected chi connectivity index (χ4v) is 4.74. The zero-order chi connectivity index (χ0) is 27.5. The molecule has 6 rings (SSSR count). The van der Waals surface area contributed by atoms with E-state index in [2.05, 4.69) is 37.2 Å². The first-order chi connectivity index (χ1) is 18.8. The number of nitrogens with one attached hydrogen (secondary N) is 1. The van der Waals surface area contributed by atoms with Crippen LogP contribution in [0.15, 0.2) is 99.8 Å². The van der Waals surface area contributed by atoms with Crippen LogP contribution in [0.4, 0.5) is 10.5 Å². The number of carbonyl (C=O) groups excluding carboxylic acids is 1. The minimum atomic E-state index is -0.633. The third-order valence-corrected chi connectivity index (χ3v) is 6.74. The molecule has 3 aromatic heterocycles. The Labute approximate surface area is 238 Å². The van der Waals surface area contributed by atoms with E-state index in [1.165, 1.54) is 6.07 Å². The van der Waals surface area contributed by atoms with E-state index >= 15 is 0 Å². The van der Waals surface area contributed by atoms with E-state index in [4.69, 9.17) is 23.1 Å². The number of aliphatic hydroxyl groups excluding tert-OH is 1. The molecular formula is C29H21Br2NO7. The second kappa shape index (κ2) is 11.5. The maximum Gasteiger partial charge on any atom is 0.412 e. The molecule has 198 valence electrons. The number of aliphatic hydroxyl groups is 1. The van der Waals surface area contributed by atoms with Crippen LogP contribution >= 0.6 is 31.9 Å². The minimum Gasteiger partial charge on any atom is -0.459 e. The van der Waals surface area contributed by atoms with Gasteiger partial charge >= 0.3 is 11.7 Å². The quantitative estimate of drug-likeness (QED) is 0.185. The van der Waals surface area contributed by atoms with Gasteiger partial charge in [-0.2, -0.15) is 0 Å². The Morgan fingerprint density at radius 1 is 0.821 bits per heavy atom. The molecule has 39 heavy (non-hydrogen) atoms. The molecule has 0 unspecified atom stereocenters. The first kappa shape index (κ1) is 26.7. The summed E-state index contributed by atoms with van der Waals surface area (Å²) in [5.41, 5.74) is 2.78. The molecule has 3 aromatic carbocycles. The van der Waals surface area contributed by atoms with E-state index in [-0.39, 0.29) is 13.2 Å². The molecule has 0 fully saturated rings. The van der Waals surface area contributed by atoms with Gasteiger partial charge in [-0.1, -0.05) is 31.9 Å². The molecule has 0 aliphatic heterocycles. The lowest BCUT2D eigenvalue weighted by molar-refractivity contribution is 0.147. The number of hydrogen-bond donors (Lipinski definition) is 2. The molecule has 0 saturated heterocycles. The summed E-state index contributed by atoms with van der Waals surface area (Å²) >= 11 is 6.76. The average Bonchev–Trinajstić information content (AvgIpc) is 3.50. The fraction of sp³-hybridized carbons (Fsp3) is 0.103. The van der Waals surface area contributed by atoms with Gasteiger partial charge in [-0.3, -0.25) is 5.32 Å². The van der Waals surface area contributed by atoms with Gasteiger partial charge in [0.2, 0.25) is 0 Å². The number of furan rings is 2. The Morgan fingerprint density at radius 3 is 2.13 bits per heavy atom. The molecule has 0 aliphatic rings. The summed E-state index contributed by atoms with van der Waals surface area (Å²) in [4.78, 5) is 23.6. The van der Waals surface area contributed by atoms with Crippen LogP contribution in [0.1, 0.15) is 17.1 Å². The first-order valence-corrected chi connectivity index (χ1v) is 13.3. The second-order valence-corrected chi connectivity index (χ2v) is 10.4. The summed E-state index contributed by atoms with van der Waals surface area (Å²) in [6.45, 7) is 1.78. The number of carbonyl (C=O) groups is 1. The molecule has 8 nitrogen and oxygen atoms in total. The fourth-order valence-electron chi connectivity index (χ4n) is 3.98. The van der Waals surface area contributed by atoms with Crippen LogP contribution in [-0.2, 0) is 18.0 Å². The van der Waals surface area contributed by atoms with Crippen molar-refractivity contribution in [3.63, 3.8) is 0 Å². The number of amides is 1. The first-order valence-electron chi connectivity index (χ1n) is 11.7. The van der Waals surface area contributed by atoms with Crippen LogP contribution in [0.5, 0.6) is 0 Å². The van der Waals surface area contributed by atoms with E-state index in [1.54, 1.807) is 18.2 Å². The molecule has 0 aliphatic carbocycles. The number of anilines is 1. The number of fused-ring (bicyclic) bond motifs is 3. The molecule has 10 heteroatoms. The molecule has 1 amide bonds. The SMILES string of the molecule is Cc1cc(=O)oc2cc(NC(=O)OCc3cc4cc(Br)ccc4o3)ccc12.OCc1cc2cc(Br)ccc2o1. The Balaban J connectivity index is 0.000000214. The summed E-state index contributed by atoms with van der Waals surface area (Å²) in [5, 5.41) is 14.2. The monoisotopic (exact) mass is 653 g/mol. The van der Waals surface area contributed by atoms with Crippen LogP contribution in [0.25, 0.3) is 32.9 Å². The molecule has 6 aromatic rings. The van der Waals surface area contributed by atoms with Crippen LogP contribution in [0, 0.1) is 6.92 Å². The van der Waals surface area contributed by atoms with Gasteiger partial charge in [-0.25, -0.2) is 9.59 Å². The van der Waals surface area contributed by atoms with Crippen molar-refractivity contribution in [3.8, 4) is 0 Å². The van der Waals surface area contributed by atoms with Crippen LogP contribution in [-0.4, -0.2) is 11.2 Å². The summed E-state index contributed by atoms with van der Waals surface area (Å²) in [7, 11) is 0. The van der Waals surface area contributed by atoms with Gasteiger partial charge in [0.05, 0.1) is 0 Å². The lowest BCUT2D eigenvalue weighted by Gasteiger charge is -2.07. The van der Waals surface area contributed by atoms with E-state index in [1.807, 2.05) is 55.5 Å². The van der Waals surface area contributed by atoms with Crippen LogP contribution in [0.3, 0.4) is 0 Å². The van der Waals surface area contributed by atoms with E-state index < -0.39 is 11.7 Å². The van der Waals surface area contributed by atoms with Gasteiger partial charge in [0, 0.05) is 42.9 Å². The third kappa shape index (κ3) is 6.42. The van der Waals surface area contributed by atoms with Gasteiger partial charge in [-0.05, 0) is 73.2 Å². The average molecular weight is 655 g/mol. The van der Waals surface area contributed by atoms with Crippen molar-refractivity contribution in [1.82, 2.24) is 0 Å². The summed E-state index contributed by atoms with van der Waals surface area (Å²) in [6.07, 6.45) is -0.633. The number of aryl methyl sites for hydroxylation is 1. The highest BCUT2D eigenvalue weighted by Crippen LogP contribution is 2.25. The Hall–Kier alpha value is -3.86. The van der Waals surface area contributed by atoms with Crippen molar-refractivity contribution in [2.75, 3.05) is 5.32 Å². The largest absolute Gasteiger partial charge is 0.459 e. The van der Waals surface area contributed by atoms with Crippen LogP contribution < -0.4 is 10.9 Å². The standard InChI is InChI=1S/C20H14BrNO5.C9H7BrO2/c1-11-6-19(23)27-18-9-14(3-4-16(11)18)22-20(24)25-10-15-8-12-7-13(21)2-5-17(12)26-15;10-7-1-2-9-6(3-7)4-8(5-11)12-9/h2-9H,10H2,1H3,(H,22,24);1-4,11H,5H2. The van der Waals surface area contributed by atoms with Crippen molar-refractivity contribution < 1.29 is 27.9 Å². The third-order valence-electron chi connectivity index (χ3n) is 5.76. The summed E-state index contributed by atoms with van der Waals surface area (Å²) < 4.78 is 23.3. The van der Waals surface area contributed by atoms with E-state index in [0.29, 0.717) is 22.8 Å². The highest BCUT2D eigenvalue weighted by molar-refractivity contribution is 9.10. The lowest BCUT2D eigenvalue weighted by atomic mass is 10.1.